The molecule has 0 aliphatic carbocycles. The Morgan fingerprint density at radius 1 is 0.970 bits per heavy atom. The first-order valence-corrected chi connectivity index (χ1v) is 9.86. The SMILES string of the molecule is COc1ccc(-c2nnc(-c3ccc(C(=O)N/N=C/c4ccc(O)cc4)cc3)o2)c(OC)c1. The average molecular weight is 444 g/mol. The molecule has 0 saturated heterocycles. The van der Waals surface area contributed by atoms with Gasteiger partial charge in [0.15, 0.2) is 0 Å². The fourth-order valence-corrected chi connectivity index (χ4v) is 2.98. The van der Waals surface area contributed by atoms with Crippen molar-refractivity contribution in [1.29, 1.82) is 0 Å². The highest BCUT2D eigenvalue weighted by Gasteiger charge is 2.16. The van der Waals surface area contributed by atoms with Crippen LogP contribution in [0.1, 0.15) is 15.9 Å². The number of carbonyl (C=O) groups is 1. The van der Waals surface area contributed by atoms with Gasteiger partial charge in [0.05, 0.1) is 26.0 Å². The minimum atomic E-state index is -0.370. The van der Waals surface area contributed by atoms with E-state index < -0.39 is 0 Å². The van der Waals surface area contributed by atoms with Crippen molar-refractivity contribution in [3.05, 3.63) is 77.9 Å². The molecular weight excluding hydrogens is 424 g/mol. The minimum absolute atomic E-state index is 0.160. The minimum Gasteiger partial charge on any atom is -0.508 e. The van der Waals surface area contributed by atoms with E-state index in [2.05, 4.69) is 20.7 Å². The summed E-state index contributed by atoms with van der Waals surface area (Å²) in [5.74, 6) is 1.59. The average Bonchev–Trinajstić information content (AvgIpc) is 3.35. The van der Waals surface area contributed by atoms with Crippen LogP contribution in [0.3, 0.4) is 0 Å². The van der Waals surface area contributed by atoms with E-state index in [1.807, 2.05) is 0 Å². The van der Waals surface area contributed by atoms with Crippen LogP contribution in [0.15, 0.2) is 76.2 Å². The van der Waals surface area contributed by atoms with Crippen LogP contribution in [0.25, 0.3) is 22.9 Å². The first-order chi connectivity index (χ1) is 16.1. The van der Waals surface area contributed by atoms with Gasteiger partial charge in [-0.3, -0.25) is 4.79 Å². The van der Waals surface area contributed by atoms with E-state index in [-0.39, 0.29) is 11.7 Å². The number of hydrogen-bond donors (Lipinski definition) is 2. The standard InChI is InChI=1S/C24H20N4O5/c1-31-19-11-12-20(21(13-19)32-2)24-28-27-23(33-24)17-7-5-16(6-8-17)22(30)26-25-14-15-3-9-18(29)10-4-15/h3-14,29H,1-2H3,(H,26,30)/b25-14+. The number of aromatic nitrogens is 2. The van der Waals surface area contributed by atoms with Crippen LogP contribution in [0.5, 0.6) is 17.2 Å². The zero-order valence-corrected chi connectivity index (χ0v) is 17.9. The number of aromatic hydroxyl groups is 1. The lowest BCUT2D eigenvalue weighted by atomic mass is 10.1. The number of nitrogens with zero attached hydrogens (tertiary/aromatic N) is 3. The molecule has 2 N–H and O–H groups in total. The molecular formula is C24H20N4O5. The van der Waals surface area contributed by atoms with Crippen molar-refractivity contribution < 1.29 is 23.8 Å². The molecule has 9 heteroatoms. The lowest BCUT2D eigenvalue weighted by Gasteiger charge is -2.07. The molecule has 0 aliphatic rings. The number of hydrazone groups is 1. The molecule has 0 radical (unpaired) electrons. The molecule has 0 atom stereocenters. The number of nitrogens with one attached hydrogen (secondary N) is 1. The van der Waals surface area contributed by atoms with E-state index in [0.717, 1.165) is 5.56 Å². The summed E-state index contributed by atoms with van der Waals surface area (Å²) in [4.78, 5) is 12.3. The van der Waals surface area contributed by atoms with Gasteiger partial charge in [0.1, 0.15) is 17.2 Å². The fraction of sp³-hybridized carbons (Fsp3) is 0.0833. The molecule has 9 nitrogen and oxygen atoms in total. The number of phenols is 1. The highest BCUT2D eigenvalue weighted by atomic mass is 16.5. The van der Waals surface area contributed by atoms with Crippen molar-refractivity contribution in [2.45, 2.75) is 0 Å². The molecule has 3 aromatic carbocycles. The fourth-order valence-electron chi connectivity index (χ4n) is 2.98. The Kier molecular flexibility index (Phi) is 6.31. The second-order valence-electron chi connectivity index (χ2n) is 6.85. The molecule has 1 aromatic heterocycles. The maximum absolute atomic E-state index is 12.3. The van der Waals surface area contributed by atoms with E-state index in [9.17, 15) is 9.90 Å². The third-order valence-electron chi connectivity index (χ3n) is 4.73. The normalized spacial score (nSPS) is 10.8. The summed E-state index contributed by atoms with van der Waals surface area (Å²) in [5.41, 5.74) is 4.91. The number of benzene rings is 3. The molecule has 0 fully saturated rings. The lowest BCUT2D eigenvalue weighted by molar-refractivity contribution is 0.0955. The Hall–Kier alpha value is -4.66. The summed E-state index contributed by atoms with van der Waals surface area (Å²) in [5, 5.41) is 21.4. The first kappa shape index (κ1) is 21.6. The van der Waals surface area contributed by atoms with Crippen molar-refractivity contribution in [1.82, 2.24) is 15.6 Å². The largest absolute Gasteiger partial charge is 0.508 e. The Morgan fingerprint density at radius 3 is 2.39 bits per heavy atom. The second-order valence-corrected chi connectivity index (χ2v) is 6.85. The van der Waals surface area contributed by atoms with Gasteiger partial charge >= 0.3 is 0 Å². The van der Waals surface area contributed by atoms with Gasteiger partial charge < -0.3 is 19.0 Å². The number of hydrogen-bond acceptors (Lipinski definition) is 8. The van der Waals surface area contributed by atoms with E-state index in [1.54, 1.807) is 68.8 Å². The Bertz CT molecular complexity index is 1280. The van der Waals surface area contributed by atoms with E-state index >= 15 is 0 Å². The molecule has 0 bridgehead atoms. The van der Waals surface area contributed by atoms with Crippen LogP contribution in [0, 0.1) is 0 Å². The maximum atomic E-state index is 12.3. The van der Waals surface area contributed by atoms with Crippen LogP contribution in [0.4, 0.5) is 0 Å². The molecule has 0 unspecified atom stereocenters. The molecule has 1 amide bonds. The van der Waals surface area contributed by atoms with Gasteiger partial charge in [-0.05, 0) is 66.2 Å². The zero-order valence-electron chi connectivity index (χ0n) is 17.9. The number of amides is 1. The molecule has 4 aromatic rings. The molecule has 166 valence electrons. The molecule has 0 saturated carbocycles. The molecule has 4 rings (SSSR count). The lowest BCUT2D eigenvalue weighted by Crippen LogP contribution is -2.17. The monoisotopic (exact) mass is 444 g/mol. The van der Waals surface area contributed by atoms with Crippen LogP contribution >= 0.6 is 0 Å². The third-order valence-corrected chi connectivity index (χ3v) is 4.73. The summed E-state index contributed by atoms with van der Waals surface area (Å²) >= 11 is 0. The second kappa shape index (κ2) is 9.65. The van der Waals surface area contributed by atoms with Crippen LogP contribution in [-0.2, 0) is 0 Å². The number of rotatable bonds is 7. The van der Waals surface area contributed by atoms with Crippen molar-refractivity contribution in [3.63, 3.8) is 0 Å². The summed E-state index contributed by atoms with van der Waals surface area (Å²) in [6, 6.07) is 18.4. The summed E-state index contributed by atoms with van der Waals surface area (Å²) in [6.45, 7) is 0. The van der Waals surface area contributed by atoms with Crippen molar-refractivity contribution >= 4 is 12.1 Å². The van der Waals surface area contributed by atoms with E-state index in [0.29, 0.717) is 40.0 Å². The van der Waals surface area contributed by atoms with E-state index in [4.69, 9.17) is 13.9 Å². The van der Waals surface area contributed by atoms with Crippen molar-refractivity contribution in [3.8, 4) is 40.2 Å². The van der Waals surface area contributed by atoms with Gasteiger partial charge in [-0.1, -0.05) is 0 Å². The predicted octanol–water partition coefficient (Wildman–Crippen LogP) is 3.89. The predicted molar refractivity (Wildman–Crippen MR) is 121 cm³/mol. The topological polar surface area (TPSA) is 119 Å². The van der Waals surface area contributed by atoms with Gasteiger partial charge in [0, 0.05) is 17.2 Å². The van der Waals surface area contributed by atoms with E-state index in [1.165, 1.54) is 18.3 Å². The van der Waals surface area contributed by atoms with Crippen LogP contribution < -0.4 is 14.9 Å². The van der Waals surface area contributed by atoms with Gasteiger partial charge in [-0.15, -0.1) is 10.2 Å². The zero-order chi connectivity index (χ0) is 23.2. The van der Waals surface area contributed by atoms with Crippen LogP contribution in [0.2, 0.25) is 0 Å². The Balaban J connectivity index is 1.45. The van der Waals surface area contributed by atoms with Crippen molar-refractivity contribution in [2.24, 2.45) is 5.10 Å². The van der Waals surface area contributed by atoms with Crippen LogP contribution in [-0.4, -0.2) is 41.6 Å². The van der Waals surface area contributed by atoms with Gasteiger partial charge in [-0.25, -0.2) is 5.43 Å². The van der Waals surface area contributed by atoms with Crippen molar-refractivity contribution in [2.75, 3.05) is 14.2 Å². The van der Waals surface area contributed by atoms with Gasteiger partial charge in [-0.2, -0.15) is 5.10 Å². The Morgan fingerprint density at radius 2 is 1.70 bits per heavy atom. The molecule has 1 heterocycles. The van der Waals surface area contributed by atoms with Gasteiger partial charge in [0.2, 0.25) is 5.89 Å². The number of phenolic OH excluding ortho intramolecular Hbond substituents is 1. The Labute approximate surface area is 189 Å². The summed E-state index contributed by atoms with van der Waals surface area (Å²) in [6.07, 6.45) is 1.49. The molecule has 33 heavy (non-hydrogen) atoms. The number of ether oxygens (including phenoxy) is 2. The smallest absolute Gasteiger partial charge is 0.271 e. The summed E-state index contributed by atoms with van der Waals surface area (Å²) < 4.78 is 16.4. The summed E-state index contributed by atoms with van der Waals surface area (Å²) in [7, 11) is 3.12. The molecule has 0 spiro atoms. The number of carbonyl (C=O) groups excluding carboxylic acids is 1. The highest BCUT2D eigenvalue weighted by molar-refractivity contribution is 5.95. The number of methoxy groups -OCH3 is 2. The quantitative estimate of drug-likeness (QED) is 0.328. The highest BCUT2D eigenvalue weighted by Crippen LogP contribution is 2.33. The third kappa shape index (κ3) is 4.99. The first-order valence-electron chi connectivity index (χ1n) is 9.86. The van der Waals surface area contributed by atoms with Gasteiger partial charge in [0.25, 0.3) is 11.8 Å². The maximum Gasteiger partial charge on any atom is 0.271 e. The molecule has 0 aliphatic heterocycles.